The second-order valence-corrected chi connectivity index (χ2v) is 4.98. The Morgan fingerprint density at radius 1 is 1.62 bits per heavy atom. The van der Waals surface area contributed by atoms with Crippen LogP contribution in [-0.2, 0) is 0 Å². The molecule has 0 aliphatic carbocycles. The number of unbranched alkanes of at least 4 members (excludes halogenated alkanes) is 1. The van der Waals surface area contributed by atoms with E-state index in [1.165, 1.54) is 6.42 Å². The highest BCUT2D eigenvalue weighted by molar-refractivity contribution is 14.1. The average molecular weight is 297 g/mol. The Kier molecular flexibility index (Phi) is 10.2. The molecule has 0 aromatic carbocycles. The zero-order chi connectivity index (χ0) is 6.24. The van der Waals surface area contributed by atoms with Crippen molar-refractivity contribution in [2.24, 2.45) is 0 Å². The van der Waals surface area contributed by atoms with E-state index in [0.29, 0.717) is 0 Å². The third-order valence-corrected chi connectivity index (χ3v) is 2.72. The molecule has 0 rings (SSSR count). The van der Waals surface area contributed by atoms with Crippen LogP contribution < -0.4 is 0 Å². The van der Waals surface area contributed by atoms with Gasteiger partial charge in [0, 0.05) is 11.8 Å². The van der Waals surface area contributed by atoms with Crippen LogP contribution in [0, 0.1) is 9.97 Å². The normalized spacial score (nSPS) is 6.75. The quantitative estimate of drug-likeness (QED) is 0.241. The van der Waals surface area contributed by atoms with Crippen LogP contribution in [0.3, 0.4) is 0 Å². The second kappa shape index (κ2) is 8.54. The van der Waals surface area contributed by atoms with Gasteiger partial charge in [0.25, 0.3) is 0 Å². The van der Waals surface area contributed by atoms with Crippen molar-refractivity contribution >= 4 is 51.3 Å². The summed E-state index contributed by atoms with van der Waals surface area (Å²) >= 11 is 5.72. The topological polar surface area (TPSA) is 0 Å². The van der Waals surface area contributed by atoms with Gasteiger partial charge in [0.2, 0.25) is 0 Å². The maximum atomic E-state index is 3.34. The first-order valence-electron chi connectivity index (χ1n) is 2.49. The van der Waals surface area contributed by atoms with E-state index in [-0.39, 0.29) is 16.5 Å². The predicted molar refractivity (Wildman–Crippen MR) is 50.6 cm³/mol. The molecule has 8 heavy (non-hydrogen) atoms. The van der Waals surface area contributed by atoms with Gasteiger partial charge in [-0.25, -0.2) is 0 Å². The molecular formula is C5H6BrIMg. The molecule has 0 atom stereocenters. The molecule has 0 aliphatic rings. The summed E-state index contributed by atoms with van der Waals surface area (Å²) < 4.78 is 3.14. The molecule has 0 spiro atoms. The minimum absolute atomic E-state index is 0.0204. The van der Waals surface area contributed by atoms with Crippen LogP contribution >= 0.6 is 34.8 Å². The Morgan fingerprint density at radius 2 is 2.38 bits per heavy atom. The fraction of sp³-hybridized carbons (Fsp3) is 0.600. The Bertz CT molecular complexity index is 94.3. The average Bonchev–Trinajstić information content (AvgIpc) is 1.81. The van der Waals surface area contributed by atoms with Crippen LogP contribution in [-0.4, -0.2) is 21.8 Å². The summed E-state index contributed by atoms with van der Waals surface area (Å²) in [7, 11) is 0. The van der Waals surface area contributed by atoms with E-state index >= 15 is 0 Å². The van der Waals surface area contributed by atoms with Crippen molar-refractivity contribution in [3.05, 3.63) is 0 Å². The van der Waals surface area contributed by atoms with Gasteiger partial charge in [0.05, 0.1) is 0 Å². The Hall–Kier alpha value is 1.54. The lowest BCUT2D eigenvalue weighted by molar-refractivity contribution is 1.01. The Balaban J connectivity index is 2.90. The van der Waals surface area contributed by atoms with Crippen LogP contribution in [0.1, 0.15) is 12.8 Å². The summed E-state index contributed by atoms with van der Waals surface area (Å²) in [6, 6.07) is 0. The first-order chi connectivity index (χ1) is 3.91. The number of rotatable bonds is 2. The number of alkyl halides is 1. The van der Waals surface area contributed by atoms with Crippen LogP contribution in [0.15, 0.2) is 0 Å². The molecule has 0 bridgehead atoms. The van der Waals surface area contributed by atoms with Crippen molar-refractivity contribution in [3.63, 3.8) is 0 Å². The lowest BCUT2D eigenvalue weighted by Crippen LogP contribution is -1.71. The second-order valence-electron chi connectivity index (χ2n) is 1.28. The van der Waals surface area contributed by atoms with E-state index in [4.69, 9.17) is 0 Å². The van der Waals surface area contributed by atoms with E-state index in [0.717, 1.165) is 11.8 Å². The van der Waals surface area contributed by atoms with Gasteiger partial charge in [0.15, 0.2) is 0 Å². The largest absolute Gasteiger partial charge is 0.565 e. The number of hydrogen-bond donors (Lipinski definition) is 0. The summed E-state index contributed by atoms with van der Waals surface area (Å²) in [6.07, 6.45) is 2.26. The molecule has 0 radical (unpaired) electrons. The van der Waals surface area contributed by atoms with E-state index in [9.17, 15) is 0 Å². The molecule has 0 saturated carbocycles. The van der Waals surface area contributed by atoms with Crippen LogP contribution in [0.4, 0.5) is 0 Å². The number of halogens is 2. The summed E-state index contributed by atoms with van der Waals surface area (Å²) in [6.45, 7) is 0. The van der Waals surface area contributed by atoms with Crippen LogP contribution in [0.25, 0.3) is 0 Å². The standard InChI is InChI=1S/C5H6Br.HI.Mg/c1-2-3-4-5-6;;/h3-5H2;1H;/q;;+1/p-1. The highest BCUT2D eigenvalue weighted by Crippen LogP contribution is 1.90. The van der Waals surface area contributed by atoms with Crippen molar-refractivity contribution < 1.29 is 0 Å². The lowest BCUT2D eigenvalue weighted by atomic mass is 10.4. The maximum absolute atomic E-state index is 3.34. The van der Waals surface area contributed by atoms with Gasteiger partial charge in [-0.15, -0.1) is 5.92 Å². The fourth-order valence-electron chi connectivity index (χ4n) is 0.291. The molecule has 0 heterocycles. The molecular weight excluding hydrogens is 291 g/mol. The molecule has 0 aliphatic heterocycles. The van der Waals surface area contributed by atoms with Crippen molar-refractivity contribution in [3.8, 4) is 9.97 Å². The first-order valence-corrected chi connectivity index (χ1v) is 9.43. The van der Waals surface area contributed by atoms with Crippen molar-refractivity contribution in [2.45, 2.75) is 12.8 Å². The molecule has 0 N–H and O–H groups in total. The van der Waals surface area contributed by atoms with Crippen molar-refractivity contribution in [1.82, 2.24) is 0 Å². The van der Waals surface area contributed by atoms with Crippen LogP contribution in [0.2, 0.25) is 0 Å². The Morgan fingerprint density at radius 3 is 2.88 bits per heavy atom. The van der Waals surface area contributed by atoms with E-state index in [2.05, 4.69) is 44.8 Å². The fourth-order valence-corrected chi connectivity index (χ4v) is 1.65. The van der Waals surface area contributed by atoms with Gasteiger partial charge < -0.3 is 0 Å². The zero-order valence-electron chi connectivity index (χ0n) is 4.58. The van der Waals surface area contributed by atoms with Gasteiger partial charge in [-0.05, 0) is 6.42 Å². The SMILES string of the molecule is BrCCCC#[C][Mg][I]. The first kappa shape index (κ1) is 9.54. The molecule has 42 valence electrons. The molecule has 0 saturated heterocycles. The summed E-state index contributed by atoms with van der Waals surface area (Å²) in [5.41, 5.74) is 0. The van der Waals surface area contributed by atoms with E-state index in [1.807, 2.05) is 0 Å². The molecule has 3 heteroatoms. The molecule has 0 aromatic rings. The summed E-state index contributed by atoms with van der Waals surface area (Å²) in [5, 5.41) is 1.09. The maximum Gasteiger partial charge on any atom is 0.565 e. The monoisotopic (exact) mass is 296 g/mol. The third kappa shape index (κ3) is 7.54. The van der Waals surface area contributed by atoms with Gasteiger partial charge in [-0.2, -0.15) is 0 Å². The predicted octanol–water partition coefficient (Wildman–Crippen LogP) is 2.18. The van der Waals surface area contributed by atoms with Crippen molar-refractivity contribution in [1.29, 1.82) is 0 Å². The van der Waals surface area contributed by atoms with Gasteiger partial charge >= 0.3 is 16.5 Å². The number of hydrogen-bond acceptors (Lipinski definition) is 0. The van der Waals surface area contributed by atoms with Gasteiger partial charge in [-0.1, -0.05) is 15.9 Å². The summed E-state index contributed by atoms with van der Waals surface area (Å²) in [4.78, 5) is 0. The van der Waals surface area contributed by atoms with Crippen LogP contribution in [0.5, 0.6) is 0 Å². The Labute approximate surface area is 78.4 Å². The zero-order valence-corrected chi connectivity index (χ0v) is 9.74. The third-order valence-electron chi connectivity index (χ3n) is 0.627. The molecule has 0 amide bonds. The van der Waals surface area contributed by atoms with E-state index < -0.39 is 0 Å². The minimum atomic E-state index is -0.0204. The molecule has 0 fully saturated rings. The van der Waals surface area contributed by atoms with Gasteiger partial charge in [-0.3, -0.25) is 22.9 Å². The molecule has 0 nitrogen and oxygen atoms in total. The highest BCUT2D eigenvalue weighted by atomic mass is 127. The van der Waals surface area contributed by atoms with Crippen molar-refractivity contribution in [2.75, 3.05) is 5.33 Å². The summed E-state index contributed by atoms with van der Waals surface area (Å²) in [5.74, 6) is 3.11. The van der Waals surface area contributed by atoms with E-state index in [1.54, 1.807) is 0 Å². The molecule has 0 unspecified atom stereocenters. The smallest absolute Gasteiger partial charge is 0.271 e. The molecule has 0 aromatic heterocycles. The van der Waals surface area contributed by atoms with Gasteiger partial charge in [0.1, 0.15) is 0 Å². The highest BCUT2D eigenvalue weighted by Gasteiger charge is 1.77. The lowest BCUT2D eigenvalue weighted by Gasteiger charge is -1.80. The minimum Gasteiger partial charge on any atom is -0.271 e.